The van der Waals surface area contributed by atoms with Gasteiger partial charge in [-0.2, -0.15) is 0 Å². The predicted molar refractivity (Wildman–Crippen MR) is 81.0 cm³/mol. The second-order valence-electron chi connectivity index (χ2n) is 3.59. The summed E-state index contributed by atoms with van der Waals surface area (Å²) in [5.74, 6) is 0.0326. The fourth-order valence-electron chi connectivity index (χ4n) is 1.24. The first-order valence-electron chi connectivity index (χ1n) is 5.48. The number of amides is 1. The average Bonchev–Trinajstić information content (AvgIpc) is 2.32. The van der Waals surface area contributed by atoms with Crippen molar-refractivity contribution in [3.63, 3.8) is 0 Å². The van der Waals surface area contributed by atoms with Gasteiger partial charge in [-0.25, -0.2) is 0 Å². The lowest BCUT2D eigenvalue weighted by molar-refractivity contribution is -0.120. The van der Waals surface area contributed by atoms with E-state index in [1.54, 1.807) is 0 Å². The van der Waals surface area contributed by atoms with Gasteiger partial charge in [-0.3, -0.25) is 4.79 Å². The van der Waals surface area contributed by atoms with E-state index in [1.165, 1.54) is 11.8 Å². The van der Waals surface area contributed by atoms with Crippen molar-refractivity contribution in [2.45, 2.75) is 17.1 Å². The molecule has 6 heteroatoms. The summed E-state index contributed by atoms with van der Waals surface area (Å²) < 4.78 is 0. The lowest BCUT2D eigenvalue weighted by atomic mass is 10.4. The SMILES string of the molecule is CNCCNC(=O)C(C)Sc1ccccc1Cl.Cl. The van der Waals surface area contributed by atoms with Gasteiger partial charge in [0.2, 0.25) is 5.91 Å². The molecule has 102 valence electrons. The molecule has 0 aliphatic rings. The van der Waals surface area contributed by atoms with E-state index in [-0.39, 0.29) is 23.6 Å². The quantitative estimate of drug-likeness (QED) is 0.627. The van der Waals surface area contributed by atoms with Crippen molar-refractivity contribution in [2.75, 3.05) is 20.1 Å². The third kappa shape index (κ3) is 5.96. The summed E-state index contributed by atoms with van der Waals surface area (Å²) in [6, 6.07) is 7.55. The molecule has 0 aliphatic heterocycles. The van der Waals surface area contributed by atoms with Gasteiger partial charge in [0.05, 0.1) is 10.3 Å². The number of benzene rings is 1. The van der Waals surface area contributed by atoms with Crippen LogP contribution in [0.25, 0.3) is 0 Å². The zero-order valence-electron chi connectivity index (χ0n) is 10.4. The number of halogens is 2. The number of hydrogen-bond donors (Lipinski definition) is 2. The molecule has 1 aromatic carbocycles. The average molecular weight is 309 g/mol. The molecule has 1 aromatic rings. The van der Waals surface area contributed by atoms with E-state index in [0.29, 0.717) is 11.6 Å². The molecule has 0 heterocycles. The van der Waals surface area contributed by atoms with Crippen molar-refractivity contribution >= 4 is 41.7 Å². The van der Waals surface area contributed by atoms with Gasteiger partial charge in [0.25, 0.3) is 0 Å². The molecule has 1 rings (SSSR count). The Hall–Kier alpha value is -0.420. The first kappa shape index (κ1) is 17.6. The molecule has 0 aromatic heterocycles. The molecule has 1 amide bonds. The lowest BCUT2D eigenvalue weighted by Gasteiger charge is -2.12. The summed E-state index contributed by atoms with van der Waals surface area (Å²) in [5.41, 5.74) is 0. The molecule has 0 bridgehead atoms. The highest BCUT2D eigenvalue weighted by molar-refractivity contribution is 8.00. The summed E-state index contributed by atoms with van der Waals surface area (Å²) in [6.45, 7) is 3.29. The Morgan fingerprint density at radius 3 is 2.67 bits per heavy atom. The van der Waals surface area contributed by atoms with Gasteiger partial charge in [0.15, 0.2) is 0 Å². The Kier molecular flexibility index (Phi) is 9.28. The predicted octanol–water partition coefficient (Wildman–Crippen LogP) is 2.58. The molecule has 0 radical (unpaired) electrons. The van der Waals surface area contributed by atoms with Crippen LogP contribution in [0.15, 0.2) is 29.2 Å². The third-order valence-electron chi connectivity index (χ3n) is 2.18. The van der Waals surface area contributed by atoms with E-state index in [1.807, 2.05) is 38.2 Å². The van der Waals surface area contributed by atoms with Crippen LogP contribution < -0.4 is 10.6 Å². The van der Waals surface area contributed by atoms with Crippen LogP contribution in [-0.4, -0.2) is 31.3 Å². The third-order valence-corrected chi connectivity index (χ3v) is 3.80. The highest BCUT2D eigenvalue weighted by Crippen LogP contribution is 2.29. The Bertz CT molecular complexity index is 377. The van der Waals surface area contributed by atoms with Gasteiger partial charge >= 0.3 is 0 Å². The molecule has 3 nitrogen and oxygen atoms in total. The summed E-state index contributed by atoms with van der Waals surface area (Å²) in [4.78, 5) is 12.7. The number of thioether (sulfide) groups is 1. The van der Waals surface area contributed by atoms with Gasteiger partial charge in [0.1, 0.15) is 0 Å². The van der Waals surface area contributed by atoms with Crippen molar-refractivity contribution in [3.05, 3.63) is 29.3 Å². The second kappa shape index (κ2) is 9.50. The molecule has 0 saturated heterocycles. The van der Waals surface area contributed by atoms with Crippen LogP contribution >= 0.6 is 35.8 Å². The minimum Gasteiger partial charge on any atom is -0.354 e. The van der Waals surface area contributed by atoms with Crippen molar-refractivity contribution in [1.29, 1.82) is 0 Å². The van der Waals surface area contributed by atoms with E-state index in [0.717, 1.165) is 11.4 Å². The zero-order valence-corrected chi connectivity index (χ0v) is 12.8. The minimum absolute atomic E-state index is 0. The summed E-state index contributed by atoms with van der Waals surface area (Å²) in [5, 5.41) is 6.38. The van der Waals surface area contributed by atoms with E-state index >= 15 is 0 Å². The van der Waals surface area contributed by atoms with Gasteiger partial charge in [-0.15, -0.1) is 24.2 Å². The Labute approximate surface area is 123 Å². The topological polar surface area (TPSA) is 41.1 Å². The molecule has 2 N–H and O–H groups in total. The van der Waals surface area contributed by atoms with Crippen molar-refractivity contribution < 1.29 is 4.79 Å². The largest absolute Gasteiger partial charge is 0.354 e. The maximum Gasteiger partial charge on any atom is 0.233 e. The highest BCUT2D eigenvalue weighted by atomic mass is 35.5. The second-order valence-corrected chi connectivity index (χ2v) is 5.37. The first-order valence-corrected chi connectivity index (χ1v) is 6.74. The van der Waals surface area contributed by atoms with Crippen LogP contribution in [0, 0.1) is 0 Å². The van der Waals surface area contributed by atoms with Gasteiger partial charge in [-0.05, 0) is 26.1 Å². The van der Waals surface area contributed by atoms with Gasteiger partial charge < -0.3 is 10.6 Å². The van der Waals surface area contributed by atoms with Crippen molar-refractivity contribution in [1.82, 2.24) is 10.6 Å². The summed E-state index contributed by atoms with van der Waals surface area (Å²) in [6.07, 6.45) is 0. The van der Waals surface area contributed by atoms with Crippen molar-refractivity contribution in [3.8, 4) is 0 Å². The Balaban J connectivity index is 0.00000289. The smallest absolute Gasteiger partial charge is 0.233 e. The van der Waals surface area contributed by atoms with Crippen LogP contribution in [0.2, 0.25) is 5.02 Å². The number of nitrogens with one attached hydrogen (secondary N) is 2. The molecular formula is C12H18Cl2N2OS. The van der Waals surface area contributed by atoms with Crippen LogP contribution in [0.4, 0.5) is 0 Å². The van der Waals surface area contributed by atoms with Gasteiger partial charge in [0, 0.05) is 18.0 Å². The fraction of sp³-hybridized carbons (Fsp3) is 0.417. The summed E-state index contributed by atoms with van der Waals surface area (Å²) >= 11 is 7.51. The van der Waals surface area contributed by atoms with Crippen LogP contribution in [-0.2, 0) is 4.79 Å². The number of hydrogen-bond acceptors (Lipinski definition) is 3. The number of likely N-dealkylation sites (N-methyl/N-ethyl adjacent to an activating group) is 1. The van der Waals surface area contributed by atoms with Crippen LogP contribution in [0.3, 0.4) is 0 Å². The molecule has 0 saturated carbocycles. The Morgan fingerprint density at radius 2 is 2.06 bits per heavy atom. The monoisotopic (exact) mass is 308 g/mol. The number of carbonyl (C=O) groups excluding carboxylic acids is 1. The minimum atomic E-state index is -0.147. The maximum atomic E-state index is 11.7. The van der Waals surface area contributed by atoms with Crippen LogP contribution in [0.1, 0.15) is 6.92 Å². The molecular weight excluding hydrogens is 291 g/mol. The van der Waals surface area contributed by atoms with Crippen molar-refractivity contribution in [2.24, 2.45) is 0 Å². The van der Waals surface area contributed by atoms with Gasteiger partial charge in [-0.1, -0.05) is 23.7 Å². The Morgan fingerprint density at radius 1 is 1.39 bits per heavy atom. The molecule has 1 unspecified atom stereocenters. The number of rotatable bonds is 6. The lowest BCUT2D eigenvalue weighted by Crippen LogP contribution is -2.35. The van der Waals surface area contributed by atoms with Crippen LogP contribution in [0.5, 0.6) is 0 Å². The fourth-order valence-corrected chi connectivity index (χ4v) is 2.42. The zero-order chi connectivity index (χ0) is 12.7. The maximum absolute atomic E-state index is 11.7. The first-order chi connectivity index (χ1) is 8.15. The molecule has 18 heavy (non-hydrogen) atoms. The molecule has 0 spiro atoms. The highest BCUT2D eigenvalue weighted by Gasteiger charge is 2.14. The molecule has 0 aliphatic carbocycles. The summed E-state index contributed by atoms with van der Waals surface area (Å²) in [7, 11) is 1.86. The molecule has 0 fully saturated rings. The standard InChI is InChI=1S/C12H17ClN2OS.ClH/c1-9(12(16)15-8-7-14-2)17-11-6-4-3-5-10(11)13;/h3-6,9,14H,7-8H2,1-2H3,(H,15,16);1H. The van der Waals surface area contributed by atoms with E-state index in [4.69, 9.17) is 11.6 Å². The number of carbonyl (C=O) groups is 1. The van der Waals surface area contributed by atoms with E-state index in [9.17, 15) is 4.79 Å². The normalized spacial score (nSPS) is 11.5. The van der Waals surface area contributed by atoms with E-state index in [2.05, 4.69) is 10.6 Å². The van der Waals surface area contributed by atoms with E-state index < -0.39 is 0 Å². The molecule has 1 atom stereocenters.